The van der Waals surface area contributed by atoms with Crippen molar-refractivity contribution < 1.29 is 0 Å². The molecule has 0 unspecified atom stereocenters. The lowest BCUT2D eigenvalue weighted by Crippen LogP contribution is -1.95. The highest BCUT2D eigenvalue weighted by molar-refractivity contribution is 6.10. The Labute approximate surface area is 271 Å². The molecule has 0 saturated carbocycles. The predicted molar refractivity (Wildman–Crippen MR) is 193 cm³/mol. The highest BCUT2D eigenvalue weighted by Crippen LogP contribution is 2.37. The molecular formula is C42H29N5. The van der Waals surface area contributed by atoms with E-state index in [2.05, 4.69) is 121 Å². The summed E-state index contributed by atoms with van der Waals surface area (Å²) in [4.78, 5) is 23.6. The largest absolute Gasteiger partial charge is 0.351 e. The van der Waals surface area contributed by atoms with Gasteiger partial charge in [-0.05, 0) is 66.4 Å². The Kier molecular flexibility index (Phi) is 6.18. The van der Waals surface area contributed by atoms with Crippen molar-refractivity contribution in [2.24, 2.45) is 0 Å². The number of aromatic nitrogens is 5. The molecule has 9 rings (SSSR count). The molecule has 0 atom stereocenters. The van der Waals surface area contributed by atoms with Gasteiger partial charge in [-0.3, -0.25) is 9.97 Å². The number of hydrogen-bond donors (Lipinski definition) is 1. The number of nitrogens with zero attached hydrogens (tertiary/aromatic N) is 4. The van der Waals surface area contributed by atoms with E-state index in [1.807, 2.05) is 31.2 Å². The van der Waals surface area contributed by atoms with Crippen LogP contribution in [-0.2, 0) is 0 Å². The summed E-state index contributed by atoms with van der Waals surface area (Å²) >= 11 is 0. The Morgan fingerprint density at radius 1 is 0.447 bits per heavy atom. The monoisotopic (exact) mass is 603 g/mol. The van der Waals surface area contributed by atoms with Gasteiger partial charge in [0, 0.05) is 44.2 Å². The van der Waals surface area contributed by atoms with E-state index in [0.29, 0.717) is 5.82 Å². The van der Waals surface area contributed by atoms with E-state index in [-0.39, 0.29) is 0 Å². The first-order valence-electron chi connectivity index (χ1n) is 15.8. The van der Waals surface area contributed by atoms with Crippen molar-refractivity contribution in [3.63, 3.8) is 0 Å². The van der Waals surface area contributed by atoms with E-state index < -0.39 is 0 Å². The minimum Gasteiger partial charge on any atom is -0.351 e. The second kappa shape index (κ2) is 10.7. The van der Waals surface area contributed by atoms with Gasteiger partial charge in [0.15, 0.2) is 5.82 Å². The molecule has 0 bridgehead atoms. The first-order chi connectivity index (χ1) is 23.1. The standard InChI is InChI=1S/C42H29N5/c1-25-18-19-27-20-21-33-35(22-26(2)44-39(33)37(27)43-25)31-14-8-12-29(23-31)30-13-9-15-32(24-30)38-41-40(34-16-6-7-17-36(34)45-41)47-42(46-38)28-10-4-3-5-11-28/h3-24,45H,1-2H3. The van der Waals surface area contributed by atoms with Crippen LogP contribution in [0.25, 0.3) is 88.6 Å². The van der Waals surface area contributed by atoms with Gasteiger partial charge in [0.1, 0.15) is 5.52 Å². The maximum atomic E-state index is 5.16. The Balaban J connectivity index is 1.20. The van der Waals surface area contributed by atoms with Crippen LogP contribution < -0.4 is 0 Å². The van der Waals surface area contributed by atoms with Gasteiger partial charge in [-0.25, -0.2) is 9.97 Å². The normalized spacial score (nSPS) is 11.6. The van der Waals surface area contributed by atoms with Gasteiger partial charge in [0.25, 0.3) is 0 Å². The first kappa shape index (κ1) is 27.1. The van der Waals surface area contributed by atoms with Gasteiger partial charge >= 0.3 is 0 Å². The van der Waals surface area contributed by atoms with E-state index in [1.54, 1.807) is 0 Å². The summed E-state index contributed by atoms with van der Waals surface area (Å²) < 4.78 is 0. The third-order valence-corrected chi connectivity index (χ3v) is 8.93. The molecule has 5 nitrogen and oxygen atoms in total. The first-order valence-corrected chi connectivity index (χ1v) is 15.8. The Hall–Kier alpha value is -6.20. The van der Waals surface area contributed by atoms with Crippen molar-refractivity contribution in [2.45, 2.75) is 13.8 Å². The number of fused-ring (bicyclic) bond motifs is 6. The van der Waals surface area contributed by atoms with Crippen molar-refractivity contribution in [3.05, 3.63) is 145 Å². The van der Waals surface area contributed by atoms with Crippen LogP contribution in [0.3, 0.4) is 0 Å². The number of aromatic amines is 1. The zero-order chi connectivity index (χ0) is 31.5. The molecule has 0 aliphatic carbocycles. The quantitative estimate of drug-likeness (QED) is 0.203. The van der Waals surface area contributed by atoms with E-state index >= 15 is 0 Å². The molecule has 0 saturated heterocycles. The molecule has 0 amide bonds. The highest BCUT2D eigenvalue weighted by atomic mass is 14.9. The minimum absolute atomic E-state index is 0.711. The molecule has 0 aliphatic heterocycles. The molecule has 1 N–H and O–H groups in total. The molecule has 9 aromatic rings. The van der Waals surface area contributed by atoms with Crippen LogP contribution in [0.4, 0.5) is 0 Å². The maximum absolute atomic E-state index is 5.16. The minimum atomic E-state index is 0.711. The fourth-order valence-corrected chi connectivity index (χ4v) is 6.68. The lowest BCUT2D eigenvalue weighted by atomic mass is 9.94. The van der Waals surface area contributed by atoms with Gasteiger partial charge in [0.2, 0.25) is 0 Å². The van der Waals surface area contributed by atoms with Crippen LogP contribution in [-0.4, -0.2) is 24.9 Å². The summed E-state index contributed by atoms with van der Waals surface area (Å²) in [6.45, 7) is 4.08. The predicted octanol–water partition coefficient (Wildman–Crippen LogP) is 10.5. The summed E-state index contributed by atoms with van der Waals surface area (Å²) in [5, 5.41) is 3.29. The van der Waals surface area contributed by atoms with Gasteiger partial charge < -0.3 is 4.98 Å². The fourth-order valence-electron chi connectivity index (χ4n) is 6.68. The van der Waals surface area contributed by atoms with E-state index in [4.69, 9.17) is 19.9 Å². The maximum Gasteiger partial charge on any atom is 0.160 e. The average molecular weight is 604 g/mol. The van der Waals surface area contributed by atoms with Crippen molar-refractivity contribution in [1.29, 1.82) is 0 Å². The second-order valence-electron chi connectivity index (χ2n) is 12.1. The van der Waals surface area contributed by atoms with Crippen molar-refractivity contribution in [3.8, 4) is 44.9 Å². The Morgan fingerprint density at radius 3 is 1.98 bits per heavy atom. The Morgan fingerprint density at radius 2 is 1.13 bits per heavy atom. The zero-order valence-corrected chi connectivity index (χ0v) is 26.0. The summed E-state index contributed by atoms with van der Waals surface area (Å²) in [7, 11) is 0. The summed E-state index contributed by atoms with van der Waals surface area (Å²) in [6, 6.07) is 46.6. The van der Waals surface area contributed by atoms with E-state index in [0.717, 1.165) is 94.2 Å². The lowest BCUT2D eigenvalue weighted by Gasteiger charge is -2.13. The molecule has 5 aromatic carbocycles. The van der Waals surface area contributed by atoms with Gasteiger partial charge in [-0.15, -0.1) is 0 Å². The van der Waals surface area contributed by atoms with Crippen molar-refractivity contribution in [2.75, 3.05) is 0 Å². The number of para-hydroxylation sites is 1. The van der Waals surface area contributed by atoms with E-state index in [1.165, 1.54) is 0 Å². The molecule has 4 heterocycles. The molecule has 0 aliphatic rings. The molecule has 5 heteroatoms. The van der Waals surface area contributed by atoms with Crippen LogP contribution >= 0.6 is 0 Å². The van der Waals surface area contributed by atoms with Gasteiger partial charge in [0.05, 0.1) is 22.2 Å². The fraction of sp³-hybridized carbons (Fsp3) is 0.0476. The highest BCUT2D eigenvalue weighted by Gasteiger charge is 2.17. The number of aryl methyl sites for hydroxylation is 2. The molecule has 0 fully saturated rings. The average Bonchev–Trinajstić information content (AvgIpc) is 3.50. The van der Waals surface area contributed by atoms with Gasteiger partial charge in [-0.2, -0.15) is 0 Å². The number of hydrogen-bond acceptors (Lipinski definition) is 4. The smallest absolute Gasteiger partial charge is 0.160 e. The molecule has 0 radical (unpaired) electrons. The third-order valence-electron chi connectivity index (χ3n) is 8.93. The van der Waals surface area contributed by atoms with Crippen LogP contribution in [0.15, 0.2) is 133 Å². The summed E-state index contributed by atoms with van der Waals surface area (Å²) in [5.41, 5.74) is 14.2. The third kappa shape index (κ3) is 4.63. The van der Waals surface area contributed by atoms with Crippen LogP contribution in [0.1, 0.15) is 11.4 Å². The molecular weight excluding hydrogens is 574 g/mol. The molecule has 47 heavy (non-hydrogen) atoms. The van der Waals surface area contributed by atoms with Crippen LogP contribution in [0.5, 0.6) is 0 Å². The summed E-state index contributed by atoms with van der Waals surface area (Å²) in [5.74, 6) is 0.711. The van der Waals surface area contributed by atoms with Gasteiger partial charge in [-0.1, -0.05) is 103 Å². The number of pyridine rings is 2. The van der Waals surface area contributed by atoms with Crippen LogP contribution in [0.2, 0.25) is 0 Å². The van der Waals surface area contributed by atoms with Crippen molar-refractivity contribution in [1.82, 2.24) is 24.9 Å². The van der Waals surface area contributed by atoms with Crippen LogP contribution in [0, 0.1) is 13.8 Å². The number of nitrogens with one attached hydrogen (secondary N) is 1. The number of benzene rings is 5. The van der Waals surface area contributed by atoms with E-state index in [9.17, 15) is 0 Å². The number of H-pyrrole nitrogens is 1. The van der Waals surface area contributed by atoms with Crippen molar-refractivity contribution >= 4 is 43.7 Å². The zero-order valence-electron chi connectivity index (χ0n) is 26.0. The molecule has 0 spiro atoms. The topological polar surface area (TPSA) is 67.3 Å². The summed E-state index contributed by atoms with van der Waals surface area (Å²) in [6.07, 6.45) is 0. The SMILES string of the molecule is Cc1ccc2ccc3c(-c4cccc(-c5cccc(-c6nc(-c7ccccc7)nc7c6[nH]c6ccccc67)c5)c4)cc(C)nc3c2n1. The molecule has 4 aromatic heterocycles. The molecule has 222 valence electrons. The Bertz CT molecular complexity index is 2650. The second-order valence-corrected chi connectivity index (χ2v) is 12.1. The number of rotatable bonds is 4. The lowest BCUT2D eigenvalue weighted by molar-refractivity contribution is 1.23.